The number of aromatic nitrogens is 3. The minimum atomic E-state index is -0.311. The van der Waals surface area contributed by atoms with Crippen LogP contribution in [0.2, 0.25) is 0 Å². The molecule has 0 spiro atoms. The van der Waals surface area contributed by atoms with Crippen LogP contribution in [0, 0.1) is 13.8 Å². The molecule has 1 N–H and O–H groups in total. The summed E-state index contributed by atoms with van der Waals surface area (Å²) in [4.78, 5) is 29.8. The molecule has 0 radical (unpaired) electrons. The predicted molar refractivity (Wildman–Crippen MR) is 112 cm³/mol. The maximum absolute atomic E-state index is 12.9. The Morgan fingerprint density at radius 2 is 1.89 bits per heavy atom. The molecule has 4 rings (SSSR count). The van der Waals surface area contributed by atoms with Crippen molar-refractivity contribution in [2.75, 3.05) is 0 Å². The van der Waals surface area contributed by atoms with Gasteiger partial charge in [-0.3, -0.25) is 9.59 Å². The van der Waals surface area contributed by atoms with Crippen molar-refractivity contribution in [3.05, 3.63) is 45.2 Å². The summed E-state index contributed by atoms with van der Waals surface area (Å²) in [6.07, 6.45) is 5.53. The number of benzene rings is 1. The van der Waals surface area contributed by atoms with Gasteiger partial charge in [0.15, 0.2) is 5.52 Å². The smallest absolute Gasteiger partial charge is 0.294 e. The summed E-state index contributed by atoms with van der Waals surface area (Å²) in [7, 11) is 0. The van der Waals surface area contributed by atoms with Gasteiger partial charge >= 0.3 is 0 Å². The van der Waals surface area contributed by atoms with Crippen LogP contribution in [-0.2, 0) is 11.3 Å². The van der Waals surface area contributed by atoms with E-state index in [4.69, 9.17) is 0 Å². The van der Waals surface area contributed by atoms with E-state index in [1.54, 1.807) is 0 Å². The predicted octanol–water partition coefficient (Wildman–Crippen LogP) is 3.59. The van der Waals surface area contributed by atoms with Gasteiger partial charge in [-0.25, -0.2) is 9.67 Å². The maximum Gasteiger partial charge on any atom is 0.294 e. The Hall–Kier alpha value is -2.54. The van der Waals surface area contributed by atoms with Crippen molar-refractivity contribution in [3.63, 3.8) is 0 Å². The number of hydrogen-bond donors (Lipinski definition) is 1. The molecule has 1 amide bonds. The van der Waals surface area contributed by atoms with Crippen molar-refractivity contribution in [2.24, 2.45) is 0 Å². The number of thiazole rings is 1. The first-order valence-corrected chi connectivity index (χ1v) is 10.6. The highest BCUT2D eigenvalue weighted by molar-refractivity contribution is 7.19. The molecule has 1 aliphatic rings. The van der Waals surface area contributed by atoms with Gasteiger partial charge in [0.1, 0.15) is 12.2 Å². The Morgan fingerprint density at radius 1 is 1.18 bits per heavy atom. The number of hydrogen-bond acceptors (Lipinski definition) is 5. The standard InChI is InChI=1S/C21H24N4O2S/c1-13-8-10-15(11-9-13)18-20-19(22-14(2)28-20)21(27)25(24-18)12-17(26)23-16-6-4-3-5-7-16/h8-11,16H,3-7,12H2,1-2H3,(H,23,26). The first-order valence-electron chi connectivity index (χ1n) is 9.76. The summed E-state index contributed by atoms with van der Waals surface area (Å²) in [5.74, 6) is -0.164. The van der Waals surface area contributed by atoms with Gasteiger partial charge in [0.05, 0.1) is 9.71 Å². The maximum atomic E-state index is 12.9. The molecule has 2 aromatic heterocycles. The average Bonchev–Trinajstić information content (AvgIpc) is 3.07. The fourth-order valence-corrected chi connectivity index (χ4v) is 4.65. The van der Waals surface area contributed by atoms with Gasteiger partial charge in [0, 0.05) is 11.6 Å². The highest BCUT2D eigenvalue weighted by atomic mass is 32.1. The Kier molecular flexibility index (Phi) is 5.26. The van der Waals surface area contributed by atoms with E-state index in [0.29, 0.717) is 11.2 Å². The zero-order valence-electron chi connectivity index (χ0n) is 16.2. The van der Waals surface area contributed by atoms with Crippen LogP contribution in [0.3, 0.4) is 0 Å². The molecule has 0 bridgehead atoms. The van der Waals surface area contributed by atoms with Gasteiger partial charge in [-0.15, -0.1) is 11.3 Å². The Morgan fingerprint density at radius 3 is 2.61 bits per heavy atom. The van der Waals surface area contributed by atoms with Gasteiger partial charge in [0.2, 0.25) is 5.91 Å². The zero-order valence-corrected chi connectivity index (χ0v) is 17.0. The molecule has 6 nitrogen and oxygen atoms in total. The third-order valence-electron chi connectivity index (χ3n) is 5.20. The van der Waals surface area contributed by atoms with Crippen LogP contribution in [0.5, 0.6) is 0 Å². The van der Waals surface area contributed by atoms with Crippen LogP contribution >= 0.6 is 11.3 Å². The summed E-state index contributed by atoms with van der Waals surface area (Å²) < 4.78 is 2.03. The number of aryl methyl sites for hydroxylation is 2. The topological polar surface area (TPSA) is 76.9 Å². The van der Waals surface area contributed by atoms with Crippen LogP contribution in [0.4, 0.5) is 0 Å². The van der Waals surface area contributed by atoms with E-state index >= 15 is 0 Å². The summed E-state index contributed by atoms with van der Waals surface area (Å²) in [6, 6.07) is 8.22. The van der Waals surface area contributed by atoms with Crippen molar-refractivity contribution >= 4 is 27.5 Å². The number of amides is 1. The fourth-order valence-electron chi connectivity index (χ4n) is 3.73. The first kappa shape index (κ1) is 18.8. The molecule has 3 aromatic rings. The number of carbonyl (C=O) groups excluding carboxylic acids is 1. The second kappa shape index (κ2) is 7.83. The lowest BCUT2D eigenvalue weighted by atomic mass is 9.95. The second-order valence-corrected chi connectivity index (χ2v) is 8.69. The van der Waals surface area contributed by atoms with Crippen LogP contribution in [-0.4, -0.2) is 26.7 Å². The lowest BCUT2D eigenvalue weighted by Gasteiger charge is -2.22. The van der Waals surface area contributed by atoms with Gasteiger partial charge < -0.3 is 5.32 Å². The van der Waals surface area contributed by atoms with Crippen LogP contribution < -0.4 is 10.9 Å². The molecular formula is C21H24N4O2S. The van der Waals surface area contributed by atoms with Gasteiger partial charge in [0.25, 0.3) is 5.56 Å². The van der Waals surface area contributed by atoms with E-state index in [2.05, 4.69) is 15.4 Å². The molecule has 1 saturated carbocycles. The number of fused-ring (bicyclic) bond motifs is 1. The van der Waals surface area contributed by atoms with Gasteiger partial charge in [-0.2, -0.15) is 5.10 Å². The van der Waals surface area contributed by atoms with E-state index in [0.717, 1.165) is 46.5 Å². The van der Waals surface area contributed by atoms with E-state index in [9.17, 15) is 9.59 Å². The molecular weight excluding hydrogens is 372 g/mol. The molecule has 0 atom stereocenters. The highest BCUT2D eigenvalue weighted by Crippen LogP contribution is 2.29. The highest BCUT2D eigenvalue weighted by Gasteiger charge is 2.20. The molecule has 1 aliphatic carbocycles. The number of nitrogens with one attached hydrogen (secondary N) is 1. The molecule has 1 fully saturated rings. The average molecular weight is 397 g/mol. The normalized spacial score (nSPS) is 15.1. The van der Waals surface area contributed by atoms with Gasteiger partial charge in [-0.1, -0.05) is 49.1 Å². The number of carbonyl (C=O) groups is 1. The summed E-state index contributed by atoms with van der Waals surface area (Å²) in [5, 5.41) is 8.43. The lowest BCUT2D eigenvalue weighted by molar-refractivity contribution is -0.122. The minimum Gasteiger partial charge on any atom is -0.352 e. The van der Waals surface area contributed by atoms with Crippen LogP contribution in [0.1, 0.15) is 42.7 Å². The summed E-state index contributed by atoms with van der Waals surface area (Å²) in [5.41, 5.74) is 2.85. The Bertz CT molecular complexity index is 1060. The fraction of sp³-hybridized carbons (Fsp3) is 0.429. The van der Waals surface area contributed by atoms with Gasteiger partial charge in [-0.05, 0) is 26.7 Å². The lowest BCUT2D eigenvalue weighted by Crippen LogP contribution is -2.40. The van der Waals surface area contributed by atoms with Crippen LogP contribution in [0.25, 0.3) is 21.5 Å². The zero-order chi connectivity index (χ0) is 19.7. The van der Waals surface area contributed by atoms with Crippen molar-refractivity contribution < 1.29 is 4.79 Å². The Balaban J connectivity index is 1.70. The third kappa shape index (κ3) is 3.85. The molecule has 1 aromatic carbocycles. The van der Waals surface area contributed by atoms with Crippen molar-refractivity contribution in [3.8, 4) is 11.3 Å². The van der Waals surface area contributed by atoms with Crippen molar-refractivity contribution in [1.82, 2.24) is 20.1 Å². The molecule has 0 saturated heterocycles. The molecule has 146 valence electrons. The second-order valence-electron chi connectivity index (χ2n) is 7.49. The molecule has 2 heterocycles. The number of rotatable bonds is 4. The van der Waals surface area contributed by atoms with E-state index in [-0.39, 0.29) is 24.1 Å². The van der Waals surface area contributed by atoms with Crippen molar-refractivity contribution in [2.45, 2.75) is 58.5 Å². The van der Waals surface area contributed by atoms with Crippen LogP contribution in [0.15, 0.2) is 29.1 Å². The molecule has 7 heteroatoms. The minimum absolute atomic E-state index is 0.0826. The SMILES string of the molecule is Cc1ccc(-c2nn(CC(=O)NC3CCCCC3)c(=O)c3nc(C)sc23)cc1. The first-order chi connectivity index (χ1) is 13.5. The third-order valence-corrected chi connectivity index (χ3v) is 6.17. The van der Waals surface area contributed by atoms with Crippen molar-refractivity contribution in [1.29, 1.82) is 0 Å². The van der Waals surface area contributed by atoms with E-state index in [1.807, 2.05) is 38.1 Å². The molecule has 0 aliphatic heterocycles. The summed E-state index contributed by atoms with van der Waals surface area (Å²) in [6.45, 7) is 3.82. The molecule has 0 unspecified atom stereocenters. The largest absolute Gasteiger partial charge is 0.352 e. The van der Waals surface area contributed by atoms with E-state index < -0.39 is 0 Å². The molecule has 28 heavy (non-hydrogen) atoms. The monoisotopic (exact) mass is 396 g/mol. The summed E-state index contributed by atoms with van der Waals surface area (Å²) >= 11 is 1.46. The number of nitrogens with zero attached hydrogens (tertiary/aromatic N) is 3. The van der Waals surface area contributed by atoms with E-state index in [1.165, 1.54) is 22.4 Å². The Labute approximate surface area is 167 Å². The quantitative estimate of drug-likeness (QED) is 0.731.